The number of aliphatic carboxylic acids is 1. The SMILES string of the molecule is O=C(O)CCN(C(=O)c1ccoc1Br)C1CC1. The first kappa shape index (κ1) is 12.2. The fourth-order valence-corrected chi connectivity index (χ4v) is 2.06. The van der Waals surface area contributed by atoms with Gasteiger partial charge in [0.25, 0.3) is 5.91 Å². The van der Waals surface area contributed by atoms with Crippen LogP contribution in [-0.4, -0.2) is 34.5 Å². The highest BCUT2D eigenvalue weighted by molar-refractivity contribution is 9.10. The molecule has 0 aromatic carbocycles. The minimum absolute atomic E-state index is 0.0300. The Bertz CT molecular complexity index is 438. The van der Waals surface area contributed by atoms with Crippen molar-refractivity contribution in [1.29, 1.82) is 0 Å². The highest BCUT2D eigenvalue weighted by Gasteiger charge is 2.34. The molecule has 0 radical (unpaired) electrons. The number of hydrogen-bond acceptors (Lipinski definition) is 3. The van der Waals surface area contributed by atoms with Crippen LogP contribution in [0.15, 0.2) is 21.4 Å². The molecule has 1 amide bonds. The fourth-order valence-electron chi connectivity index (χ4n) is 1.65. The molecule has 1 aromatic heterocycles. The van der Waals surface area contributed by atoms with Gasteiger partial charge >= 0.3 is 5.97 Å². The number of amides is 1. The van der Waals surface area contributed by atoms with E-state index in [2.05, 4.69) is 15.9 Å². The molecule has 0 unspecified atom stereocenters. The summed E-state index contributed by atoms with van der Waals surface area (Å²) in [5.41, 5.74) is 0.447. The Morgan fingerprint density at radius 3 is 2.71 bits per heavy atom. The Hall–Kier alpha value is -1.30. The van der Waals surface area contributed by atoms with Crippen LogP contribution in [0.3, 0.4) is 0 Å². The number of hydrogen-bond donors (Lipinski definition) is 1. The standard InChI is InChI=1S/C11H12BrNO4/c12-10-8(4-6-17-10)11(16)13(7-1-2-7)5-3-9(14)15/h4,6-7H,1-3,5H2,(H,14,15). The van der Waals surface area contributed by atoms with Crippen LogP contribution in [0.5, 0.6) is 0 Å². The van der Waals surface area contributed by atoms with Crippen molar-refractivity contribution in [3.05, 3.63) is 22.6 Å². The van der Waals surface area contributed by atoms with Crippen molar-refractivity contribution < 1.29 is 19.1 Å². The van der Waals surface area contributed by atoms with Gasteiger partial charge in [-0.05, 0) is 34.8 Å². The Morgan fingerprint density at radius 2 is 2.24 bits per heavy atom. The van der Waals surface area contributed by atoms with Crippen molar-refractivity contribution in [3.63, 3.8) is 0 Å². The zero-order valence-corrected chi connectivity index (χ0v) is 10.6. The van der Waals surface area contributed by atoms with Gasteiger partial charge in [0.2, 0.25) is 0 Å². The van der Waals surface area contributed by atoms with E-state index in [4.69, 9.17) is 9.52 Å². The van der Waals surface area contributed by atoms with Crippen molar-refractivity contribution in [3.8, 4) is 0 Å². The van der Waals surface area contributed by atoms with E-state index >= 15 is 0 Å². The summed E-state index contributed by atoms with van der Waals surface area (Å²) in [5.74, 6) is -1.07. The average Bonchev–Trinajstić information content (AvgIpc) is 3.00. The molecule has 0 bridgehead atoms. The molecule has 1 fully saturated rings. The summed E-state index contributed by atoms with van der Waals surface area (Å²) in [6.45, 7) is 0.246. The summed E-state index contributed by atoms with van der Waals surface area (Å²) in [6, 6.07) is 1.77. The van der Waals surface area contributed by atoms with Gasteiger partial charge < -0.3 is 14.4 Å². The summed E-state index contributed by atoms with van der Waals surface area (Å²) in [5, 5.41) is 8.67. The Balaban J connectivity index is 2.08. The molecule has 0 atom stereocenters. The molecule has 0 saturated heterocycles. The highest BCUT2D eigenvalue weighted by atomic mass is 79.9. The third-order valence-electron chi connectivity index (χ3n) is 2.66. The van der Waals surface area contributed by atoms with Crippen molar-refractivity contribution in [2.75, 3.05) is 6.54 Å². The summed E-state index contributed by atoms with van der Waals surface area (Å²) in [7, 11) is 0. The molecule has 1 heterocycles. The van der Waals surface area contributed by atoms with Gasteiger partial charge in [-0.2, -0.15) is 0 Å². The van der Waals surface area contributed by atoms with Crippen LogP contribution >= 0.6 is 15.9 Å². The van der Waals surface area contributed by atoms with Crippen LogP contribution in [0.4, 0.5) is 0 Å². The second-order valence-electron chi connectivity index (χ2n) is 3.98. The molecule has 1 saturated carbocycles. The number of carbonyl (C=O) groups is 2. The fraction of sp³-hybridized carbons (Fsp3) is 0.455. The lowest BCUT2D eigenvalue weighted by molar-refractivity contribution is -0.137. The van der Waals surface area contributed by atoms with Gasteiger partial charge in [0.15, 0.2) is 4.67 Å². The van der Waals surface area contributed by atoms with Gasteiger partial charge in [0, 0.05) is 12.6 Å². The molecule has 6 heteroatoms. The van der Waals surface area contributed by atoms with Crippen LogP contribution < -0.4 is 0 Å². The maximum atomic E-state index is 12.2. The molecule has 5 nitrogen and oxygen atoms in total. The van der Waals surface area contributed by atoms with Crippen LogP contribution in [0.25, 0.3) is 0 Å². The maximum Gasteiger partial charge on any atom is 0.305 e. The smallest absolute Gasteiger partial charge is 0.305 e. The van der Waals surface area contributed by atoms with Crippen molar-refractivity contribution in [1.82, 2.24) is 4.90 Å². The molecule has 1 aromatic rings. The Kier molecular flexibility index (Phi) is 3.51. The first-order chi connectivity index (χ1) is 8.09. The average molecular weight is 302 g/mol. The highest BCUT2D eigenvalue weighted by Crippen LogP contribution is 2.30. The molecule has 1 aliphatic carbocycles. The number of rotatable bonds is 5. The van der Waals surface area contributed by atoms with E-state index in [1.54, 1.807) is 11.0 Å². The van der Waals surface area contributed by atoms with E-state index in [-0.39, 0.29) is 24.9 Å². The molecule has 0 aliphatic heterocycles. The number of carboxylic acid groups (broad SMARTS) is 1. The lowest BCUT2D eigenvalue weighted by Crippen LogP contribution is -2.34. The minimum Gasteiger partial charge on any atom is -0.481 e. The lowest BCUT2D eigenvalue weighted by atomic mass is 10.2. The third kappa shape index (κ3) is 2.88. The first-order valence-corrected chi connectivity index (χ1v) is 6.14. The largest absolute Gasteiger partial charge is 0.481 e. The summed E-state index contributed by atoms with van der Waals surface area (Å²) < 4.78 is 5.41. The molecule has 0 spiro atoms. The monoisotopic (exact) mass is 301 g/mol. The predicted octanol–water partition coefficient (Wildman–Crippen LogP) is 2.12. The number of furan rings is 1. The first-order valence-electron chi connectivity index (χ1n) is 5.35. The van der Waals surface area contributed by atoms with Gasteiger partial charge in [-0.3, -0.25) is 9.59 Å². The topological polar surface area (TPSA) is 70.8 Å². The summed E-state index contributed by atoms with van der Waals surface area (Å²) in [4.78, 5) is 24.3. The zero-order chi connectivity index (χ0) is 12.4. The van der Waals surface area contributed by atoms with Crippen LogP contribution in [-0.2, 0) is 4.79 Å². The van der Waals surface area contributed by atoms with E-state index in [1.807, 2.05) is 0 Å². The summed E-state index contributed by atoms with van der Waals surface area (Å²) >= 11 is 3.15. The van der Waals surface area contributed by atoms with E-state index in [0.29, 0.717) is 10.2 Å². The lowest BCUT2D eigenvalue weighted by Gasteiger charge is -2.20. The van der Waals surface area contributed by atoms with Gasteiger partial charge in [-0.1, -0.05) is 0 Å². The van der Waals surface area contributed by atoms with E-state index in [9.17, 15) is 9.59 Å². The quantitative estimate of drug-likeness (QED) is 0.904. The van der Waals surface area contributed by atoms with Crippen LogP contribution in [0.2, 0.25) is 0 Å². The zero-order valence-electron chi connectivity index (χ0n) is 9.06. The van der Waals surface area contributed by atoms with E-state index in [1.165, 1.54) is 6.26 Å². The Labute approximate surface area is 107 Å². The summed E-state index contributed by atoms with van der Waals surface area (Å²) in [6.07, 6.45) is 3.29. The van der Waals surface area contributed by atoms with Gasteiger partial charge in [-0.25, -0.2) is 0 Å². The van der Waals surface area contributed by atoms with Crippen LogP contribution in [0.1, 0.15) is 29.6 Å². The second kappa shape index (κ2) is 4.91. The second-order valence-corrected chi connectivity index (χ2v) is 4.70. The van der Waals surface area contributed by atoms with Crippen LogP contribution in [0, 0.1) is 0 Å². The normalized spacial score (nSPS) is 14.6. The number of halogens is 1. The van der Waals surface area contributed by atoms with Gasteiger partial charge in [-0.15, -0.1) is 0 Å². The molecular formula is C11H12BrNO4. The molecular weight excluding hydrogens is 290 g/mol. The molecule has 1 N–H and O–H groups in total. The number of nitrogens with zero attached hydrogens (tertiary/aromatic N) is 1. The number of carboxylic acids is 1. The molecule has 1 aliphatic rings. The van der Waals surface area contributed by atoms with E-state index < -0.39 is 5.97 Å². The molecule has 17 heavy (non-hydrogen) atoms. The van der Waals surface area contributed by atoms with Crippen molar-refractivity contribution in [2.45, 2.75) is 25.3 Å². The maximum absolute atomic E-state index is 12.2. The predicted molar refractivity (Wildman–Crippen MR) is 62.7 cm³/mol. The molecule has 92 valence electrons. The van der Waals surface area contributed by atoms with Gasteiger partial charge in [0.1, 0.15) is 0 Å². The number of carbonyl (C=O) groups excluding carboxylic acids is 1. The van der Waals surface area contributed by atoms with E-state index in [0.717, 1.165) is 12.8 Å². The van der Waals surface area contributed by atoms with Crippen molar-refractivity contribution in [2.24, 2.45) is 0 Å². The molecule has 2 rings (SSSR count). The van der Waals surface area contributed by atoms with Gasteiger partial charge in [0.05, 0.1) is 18.2 Å². The van der Waals surface area contributed by atoms with Crippen molar-refractivity contribution >= 4 is 27.8 Å². The third-order valence-corrected chi connectivity index (χ3v) is 3.28. The Morgan fingerprint density at radius 1 is 1.53 bits per heavy atom. The minimum atomic E-state index is -0.894.